The van der Waals surface area contributed by atoms with Crippen molar-refractivity contribution < 1.29 is 0 Å². The van der Waals surface area contributed by atoms with E-state index in [1.54, 1.807) is 6.07 Å². The number of rotatable bonds is 3. The topological polar surface area (TPSA) is 59.2 Å². The van der Waals surface area contributed by atoms with Crippen molar-refractivity contribution in [3.63, 3.8) is 0 Å². The van der Waals surface area contributed by atoms with Gasteiger partial charge in [-0.15, -0.1) is 0 Å². The van der Waals surface area contributed by atoms with E-state index in [-0.39, 0.29) is 5.56 Å². The fourth-order valence-corrected chi connectivity index (χ4v) is 3.47. The van der Waals surface area contributed by atoms with E-state index in [9.17, 15) is 4.79 Å². The molecule has 1 aromatic heterocycles. The van der Waals surface area contributed by atoms with Crippen LogP contribution in [0.25, 0.3) is 10.1 Å². The number of nitrogen functional groups attached to an aromatic ring is 1. The van der Waals surface area contributed by atoms with Gasteiger partial charge in [0, 0.05) is 22.5 Å². The molecule has 0 aliphatic rings. The maximum Gasteiger partial charge on any atom is 0.281 e. The van der Waals surface area contributed by atoms with Crippen LogP contribution in [0.15, 0.2) is 23.0 Å². The highest BCUT2D eigenvalue weighted by molar-refractivity contribution is 7.21. The number of hydrogen-bond acceptors (Lipinski definition) is 5. The molecule has 0 aliphatic heterocycles. The molecular formula is C14H19N3OS. The van der Waals surface area contributed by atoms with Crippen molar-refractivity contribution in [1.82, 2.24) is 4.98 Å². The van der Waals surface area contributed by atoms with Gasteiger partial charge in [-0.05, 0) is 45.9 Å². The summed E-state index contributed by atoms with van der Waals surface area (Å²) in [5.74, 6) is 0. The summed E-state index contributed by atoms with van der Waals surface area (Å²) in [7, 11) is 0. The SMILES string of the molecule is CC(C)N(c1nc(=O)c2cc(N)ccc2s1)C(C)C. The summed E-state index contributed by atoms with van der Waals surface area (Å²) in [5, 5.41) is 1.37. The predicted octanol–water partition coefficient (Wildman–Crippen LogP) is 2.86. The number of anilines is 2. The normalized spacial score (nSPS) is 11.5. The molecule has 0 saturated heterocycles. The van der Waals surface area contributed by atoms with E-state index in [0.717, 1.165) is 9.83 Å². The Kier molecular flexibility index (Phi) is 3.75. The van der Waals surface area contributed by atoms with Gasteiger partial charge in [0.15, 0.2) is 5.13 Å². The fourth-order valence-electron chi connectivity index (χ4n) is 2.22. The molecule has 0 bridgehead atoms. The van der Waals surface area contributed by atoms with Crippen LogP contribution in [0.1, 0.15) is 27.7 Å². The third-order valence-corrected chi connectivity index (χ3v) is 4.03. The Morgan fingerprint density at radius 2 is 1.84 bits per heavy atom. The van der Waals surface area contributed by atoms with Crippen LogP contribution in [0.5, 0.6) is 0 Å². The first-order chi connectivity index (χ1) is 8.90. The van der Waals surface area contributed by atoms with Crippen LogP contribution in [-0.4, -0.2) is 17.1 Å². The lowest BCUT2D eigenvalue weighted by Crippen LogP contribution is -2.38. The molecule has 1 aromatic carbocycles. The predicted molar refractivity (Wildman–Crippen MR) is 83.1 cm³/mol. The van der Waals surface area contributed by atoms with Crippen molar-refractivity contribution in [3.05, 3.63) is 28.6 Å². The van der Waals surface area contributed by atoms with Gasteiger partial charge in [-0.2, -0.15) is 4.98 Å². The Morgan fingerprint density at radius 1 is 1.21 bits per heavy atom. The van der Waals surface area contributed by atoms with E-state index < -0.39 is 0 Å². The molecule has 102 valence electrons. The first-order valence-corrected chi connectivity index (χ1v) is 7.20. The van der Waals surface area contributed by atoms with E-state index in [1.165, 1.54) is 11.3 Å². The molecule has 1 heterocycles. The Hall–Kier alpha value is -1.62. The number of benzene rings is 1. The van der Waals surface area contributed by atoms with Gasteiger partial charge < -0.3 is 10.6 Å². The Morgan fingerprint density at radius 3 is 2.42 bits per heavy atom. The minimum Gasteiger partial charge on any atom is -0.399 e. The van der Waals surface area contributed by atoms with Gasteiger partial charge in [-0.3, -0.25) is 4.79 Å². The van der Waals surface area contributed by atoms with Crippen molar-refractivity contribution in [2.45, 2.75) is 39.8 Å². The second-order valence-electron chi connectivity index (χ2n) is 5.15. The zero-order valence-corrected chi connectivity index (χ0v) is 12.5. The molecule has 0 radical (unpaired) electrons. The summed E-state index contributed by atoms with van der Waals surface area (Å²) in [6.45, 7) is 8.41. The fraction of sp³-hybridized carbons (Fsp3) is 0.429. The van der Waals surface area contributed by atoms with Crippen LogP contribution in [0.4, 0.5) is 10.8 Å². The molecule has 0 aliphatic carbocycles. The first kappa shape index (κ1) is 13.8. The minimum atomic E-state index is -0.206. The average Bonchev–Trinajstić information content (AvgIpc) is 2.29. The largest absolute Gasteiger partial charge is 0.399 e. The number of nitrogens with zero attached hydrogens (tertiary/aromatic N) is 2. The van der Waals surface area contributed by atoms with E-state index in [0.29, 0.717) is 23.2 Å². The summed E-state index contributed by atoms with van der Waals surface area (Å²) >= 11 is 1.53. The van der Waals surface area contributed by atoms with Crippen molar-refractivity contribution >= 4 is 32.2 Å². The summed E-state index contributed by atoms with van der Waals surface area (Å²) in [6, 6.07) is 6.00. The second kappa shape index (κ2) is 5.17. The Balaban J connectivity index is 2.63. The number of aromatic nitrogens is 1. The molecule has 19 heavy (non-hydrogen) atoms. The lowest BCUT2D eigenvalue weighted by molar-refractivity contribution is 0.605. The van der Waals surface area contributed by atoms with Gasteiger partial charge in [0.25, 0.3) is 5.56 Å². The standard InChI is InChI=1S/C14H19N3OS/c1-8(2)17(9(3)4)14-16-13(18)11-7-10(15)5-6-12(11)19-14/h5-9H,15H2,1-4H3. The summed E-state index contributed by atoms with van der Waals surface area (Å²) < 4.78 is 0.926. The quantitative estimate of drug-likeness (QED) is 0.876. The molecule has 0 atom stereocenters. The van der Waals surface area contributed by atoms with E-state index in [1.807, 2.05) is 12.1 Å². The second-order valence-corrected chi connectivity index (χ2v) is 6.16. The van der Waals surface area contributed by atoms with Crippen LogP contribution in [0, 0.1) is 0 Å². The Labute approximate surface area is 116 Å². The monoisotopic (exact) mass is 277 g/mol. The molecule has 2 aromatic rings. The van der Waals surface area contributed by atoms with Gasteiger partial charge in [-0.25, -0.2) is 0 Å². The molecule has 5 heteroatoms. The summed E-state index contributed by atoms with van der Waals surface area (Å²) in [6.07, 6.45) is 0. The highest BCUT2D eigenvalue weighted by atomic mass is 32.1. The van der Waals surface area contributed by atoms with Crippen LogP contribution in [0.3, 0.4) is 0 Å². The minimum absolute atomic E-state index is 0.206. The molecule has 0 saturated carbocycles. The molecular weight excluding hydrogens is 258 g/mol. The summed E-state index contributed by atoms with van der Waals surface area (Å²) in [4.78, 5) is 18.5. The van der Waals surface area contributed by atoms with Crippen molar-refractivity contribution in [2.75, 3.05) is 10.6 Å². The van der Waals surface area contributed by atoms with Crippen LogP contribution in [0.2, 0.25) is 0 Å². The molecule has 2 rings (SSSR count). The van der Waals surface area contributed by atoms with Gasteiger partial charge >= 0.3 is 0 Å². The smallest absolute Gasteiger partial charge is 0.281 e. The molecule has 2 N–H and O–H groups in total. The number of fused-ring (bicyclic) bond motifs is 1. The van der Waals surface area contributed by atoms with Crippen molar-refractivity contribution in [3.8, 4) is 0 Å². The van der Waals surface area contributed by atoms with E-state index >= 15 is 0 Å². The lowest BCUT2D eigenvalue weighted by Gasteiger charge is -2.31. The maximum absolute atomic E-state index is 12.1. The van der Waals surface area contributed by atoms with Gasteiger partial charge in [-0.1, -0.05) is 11.3 Å². The van der Waals surface area contributed by atoms with Gasteiger partial charge in [0.2, 0.25) is 0 Å². The lowest BCUT2D eigenvalue weighted by atomic mass is 10.2. The highest BCUT2D eigenvalue weighted by Crippen LogP contribution is 2.27. The van der Waals surface area contributed by atoms with Gasteiger partial charge in [0.1, 0.15) is 0 Å². The zero-order valence-electron chi connectivity index (χ0n) is 11.7. The maximum atomic E-state index is 12.1. The summed E-state index contributed by atoms with van der Waals surface area (Å²) in [5.41, 5.74) is 6.10. The third kappa shape index (κ3) is 2.71. The zero-order chi connectivity index (χ0) is 14.2. The Bertz CT molecular complexity index is 641. The van der Waals surface area contributed by atoms with E-state index in [2.05, 4.69) is 37.6 Å². The van der Waals surface area contributed by atoms with Crippen LogP contribution >= 0.6 is 11.3 Å². The van der Waals surface area contributed by atoms with Gasteiger partial charge in [0.05, 0.1) is 5.39 Å². The van der Waals surface area contributed by atoms with Crippen molar-refractivity contribution in [1.29, 1.82) is 0 Å². The molecule has 0 amide bonds. The van der Waals surface area contributed by atoms with Crippen LogP contribution < -0.4 is 16.2 Å². The van der Waals surface area contributed by atoms with Crippen LogP contribution in [-0.2, 0) is 0 Å². The molecule has 0 unspecified atom stereocenters. The third-order valence-electron chi connectivity index (χ3n) is 2.97. The highest BCUT2D eigenvalue weighted by Gasteiger charge is 2.18. The van der Waals surface area contributed by atoms with E-state index in [4.69, 9.17) is 5.73 Å². The molecule has 0 spiro atoms. The first-order valence-electron chi connectivity index (χ1n) is 6.39. The number of hydrogen-bond donors (Lipinski definition) is 1. The average molecular weight is 277 g/mol. The molecule has 0 fully saturated rings. The van der Waals surface area contributed by atoms with Crippen molar-refractivity contribution in [2.24, 2.45) is 0 Å². The number of nitrogens with two attached hydrogens (primary N) is 1. The molecule has 4 nitrogen and oxygen atoms in total.